The minimum absolute atomic E-state index is 0. The predicted octanol–water partition coefficient (Wildman–Crippen LogP) is 8.65. The molecule has 9 heterocycles. The first-order chi connectivity index (χ1) is 47.5. The van der Waals surface area contributed by atoms with Gasteiger partial charge in [0.05, 0.1) is 72.8 Å². The number of anilines is 3. The standard InChI is InChI=1S/3C20H25ClFN5O4S2.3CH4/c3*21-15-12-14(2-3-16(15)22)24-19(28)18-13-17(20-23-4-11-32-20)25-33(29,30)27(18)6-1-5-26-7-9-31-10-8-26;;;/h3*2-4,11-12,17-18,25H,1,5-10,13H2,(H,24,28);3*1H4/t2*17-,18+;;;;/m10..../s1. The minimum atomic E-state index is -3.94. The SMILES string of the molecule is C.C.C.O=C(Nc1ccc(F)c(Cl)c1)C1CC(c2nccs2)NS(=O)(=O)N1CCCN1CCOCC1.O=C(Nc1ccc(F)c(Cl)c1)[C@@H]1C[C@H](c2nccs2)NS(=O)(=O)N1CCCN1CCOCC1.O=C(Nc1ccc(F)c(Cl)c1)[C@H]1C[C@@H](c2nccs2)NS(=O)(=O)N1CCCN1CCOCC1. The lowest BCUT2D eigenvalue weighted by molar-refractivity contribution is -0.121. The smallest absolute Gasteiger partial charge is 0.280 e. The monoisotopic (exact) mass is 1600 g/mol. The van der Waals surface area contributed by atoms with Crippen LogP contribution in [0.15, 0.2) is 89.3 Å². The number of carbonyl (C=O) groups is 3. The van der Waals surface area contributed by atoms with Crippen molar-refractivity contribution in [2.75, 3.05) is 134 Å². The number of thiazole rings is 3. The van der Waals surface area contributed by atoms with Crippen LogP contribution in [0.5, 0.6) is 0 Å². The molecule has 102 heavy (non-hydrogen) atoms. The Labute approximate surface area is 621 Å². The van der Waals surface area contributed by atoms with Crippen molar-refractivity contribution >= 4 is 134 Å². The summed E-state index contributed by atoms with van der Waals surface area (Å²) in [6.45, 7) is 11.4. The van der Waals surface area contributed by atoms with Crippen LogP contribution in [0.25, 0.3) is 0 Å². The van der Waals surface area contributed by atoms with E-state index in [9.17, 15) is 52.8 Å². The number of aromatic nitrogens is 3. The van der Waals surface area contributed by atoms with E-state index in [1.165, 1.54) is 83.3 Å². The highest BCUT2D eigenvalue weighted by Crippen LogP contribution is 2.35. The van der Waals surface area contributed by atoms with E-state index >= 15 is 0 Å². The second kappa shape index (κ2) is 39.5. The van der Waals surface area contributed by atoms with Gasteiger partial charge in [-0.3, -0.25) is 29.1 Å². The lowest BCUT2D eigenvalue weighted by Gasteiger charge is -2.38. The fourth-order valence-corrected chi connectivity index (χ4v) is 19.5. The van der Waals surface area contributed by atoms with Crippen LogP contribution >= 0.6 is 68.8 Å². The summed E-state index contributed by atoms with van der Waals surface area (Å²) in [5.74, 6) is -3.32. The van der Waals surface area contributed by atoms with Crippen LogP contribution in [0.2, 0.25) is 15.1 Å². The van der Waals surface area contributed by atoms with Gasteiger partial charge in [0.15, 0.2) is 0 Å². The number of rotatable bonds is 21. The molecule has 0 aliphatic carbocycles. The second-order valence-corrected chi connectivity index (χ2v) is 32.5. The van der Waals surface area contributed by atoms with Crippen LogP contribution in [-0.4, -0.2) is 222 Å². The van der Waals surface area contributed by atoms with E-state index in [1.54, 1.807) is 34.7 Å². The Morgan fingerprint density at radius 1 is 0.441 bits per heavy atom. The summed E-state index contributed by atoms with van der Waals surface area (Å²) in [5.41, 5.74) is 0.879. The van der Waals surface area contributed by atoms with Gasteiger partial charge in [-0.2, -0.15) is 52.3 Å². The van der Waals surface area contributed by atoms with Crippen molar-refractivity contribution in [3.63, 3.8) is 0 Å². The van der Waals surface area contributed by atoms with Crippen molar-refractivity contribution in [2.24, 2.45) is 0 Å². The lowest BCUT2D eigenvalue weighted by atomic mass is 10.1. The molecule has 0 saturated carbocycles. The third-order valence-corrected chi connectivity index (χ3v) is 25.3. The van der Waals surface area contributed by atoms with Gasteiger partial charge in [-0.05, 0) is 113 Å². The zero-order chi connectivity index (χ0) is 70.3. The molecule has 6 fully saturated rings. The third-order valence-electron chi connectivity index (χ3n) is 16.8. The van der Waals surface area contributed by atoms with Gasteiger partial charge in [0.25, 0.3) is 30.6 Å². The minimum Gasteiger partial charge on any atom is -0.379 e. The Balaban J connectivity index is 0.000000211. The highest BCUT2D eigenvalue weighted by Gasteiger charge is 2.47. The largest absolute Gasteiger partial charge is 0.379 e. The molecule has 12 rings (SSSR count). The van der Waals surface area contributed by atoms with Crippen molar-refractivity contribution < 1.29 is 67.0 Å². The van der Waals surface area contributed by atoms with Gasteiger partial charge in [0.2, 0.25) is 17.7 Å². The highest BCUT2D eigenvalue weighted by atomic mass is 35.5. The maximum Gasteiger partial charge on any atom is 0.280 e. The van der Waals surface area contributed by atoms with Gasteiger partial charge in [0.1, 0.15) is 50.6 Å². The third kappa shape index (κ3) is 23.2. The zero-order valence-corrected chi connectivity index (χ0v) is 60.4. The zero-order valence-electron chi connectivity index (χ0n) is 53.2. The Kier molecular flexibility index (Phi) is 32.7. The van der Waals surface area contributed by atoms with Gasteiger partial charge in [-0.1, -0.05) is 57.1 Å². The lowest BCUT2D eigenvalue weighted by Crippen LogP contribution is -2.58. The first-order valence-corrected chi connectivity index (χ1v) is 39.8. The summed E-state index contributed by atoms with van der Waals surface area (Å²) in [6, 6.07) is 6.77. The number of morpholine rings is 3. The molecule has 0 spiro atoms. The van der Waals surface area contributed by atoms with Crippen molar-refractivity contribution in [3.05, 3.63) is 137 Å². The van der Waals surface area contributed by atoms with E-state index in [2.05, 4.69) is 59.8 Å². The molecule has 6 aliphatic rings. The molecule has 564 valence electrons. The van der Waals surface area contributed by atoms with E-state index in [0.29, 0.717) is 111 Å². The van der Waals surface area contributed by atoms with E-state index in [-0.39, 0.29) is 76.2 Å². The van der Waals surface area contributed by atoms with E-state index in [4.69, 9.17) is 49.0 Å². The average Bonchev–Trinajstić information content (AvgIpc) is 0.936. The van der Waals surface area contributed by atoms with Crippen molar-refractivity contribution in [2.45, 2.75) is 97.1 Å². The first kappa shape index (κ1) is 84.3. The molecule has 6 atom stereocenters. The molecule has 6 N–H and O–H groups in total. The van der Waals surface area contributed by atoms with Crippen molar-refractivity contribution in [1.29, 1.82) is 0 Å². The number of carbonyl (C=O) groups excluding carboxylic acids is 3. The van der Waals surface area contributed by atoms with Crippen LogP contribution in [0.3, 0.4) is 0 Å². The number of amides is 3. The number of hydrogen-bond acceptors (Lipinski definition) is 21. The summed E-state index contributed by atoms with van der Waals surface area (Å²) in [6.07, 6.45) is 7.12. The van der Waals surface area contributed by atoms with E-state index in [1.807, 2.05) is 0 Å². The Morgan fingerprint density at radius 2 is 0.696 bits per heavy atom. The molecular formula is C63H87Cl3F3N15O12S6. The molecular weight excluding hydrogens is 1510 g/mol. The van der Waals surface area contributed by atoms with Gasteiger partial charge in [-0.25, -0.2) is 28.1 Å². The van der Waals surface area contributed by atoms with Crippen molar-refractivity contribution in [1.82, 2.24) is 56.7 Å². The molecule has 39 heteroatoms. The molecule has 6 aliphatic heterocycles. The molecule has 3 aromatic carbocycles. The van der Waals surface area contributed by atoms with Gasteiger partial charge >= 0.3 is 0 Å². The molecule has 6 saturated heterocycles. The van der Waals surface area contributed by atoms with Gasteiger partial charge in [0, 0.05) is 111 Å². The Bertz CT molecular complexity index is 3600. The second-order valence-electron chi connectivity index (χ2n) is 23.5. The maximum atomic E-state index is 13.5. The number of ether oxygens (including phenoxy) is 3. The summed E-state index contributed by atoms with van der Waals surface area (Å²) < 4.78 is 147. The normalized spacial score (nSPS) is 23.2. The average molecular weight is 1600 g/mol. The summed E-state index contributed by atoms with van der Waals surface area (Å²) in [7, 11) is -11.8. The molecule has 27 nitrogen and oxygen atoms in total. The van der Waals surface area contributed by atoms with Crippen molar-refractivity contribution in [3.8, 4) is 0 Å². The molecule has 0 radical (unpaired) electrons. The molecule has 3 aromatic heterocycles. The summed E-state index contributed by atoms with van der Waals surface area (Å²) in [5, 5.41) is 14.7. The predicted molar refractivity (Wildman–Crippen MR) is 392 cm³/mol. The number of hydrogen-bond donors (Lipinski definition) is 6. The van der Waals surface area contributed by atoms with E-state index in [0.717, 1.165) is 57.5 Å². The number of nitrogens with one attached hydrogen (secondary N) is 6. The van der Waals surface area contributed by atoms with Crippen LogP contribution in [0, 0.1) is 17.5 Å². The molecule has 6 aromatic rings. The summed E-state index contributed by atoms with van der Waals surface area (Å²) >= 11 is 21.5. The highest BCUT2D eigenvalue weighted by molar-refractivity contribution is 7.87. The molecule has 0 bridgehead atoms. The molecule has 2 unspecified atom stereocenters. The van der Waals surface area contributed by atoms with E-state index < -0.39 is 102 Å². The van der Waals surface area contributed by atoms with Gasteiger partial charge < -0.3 is 30.2 Å². The number of halogens is 6. The number of benzene rings is 3. The topological polar surface area (TPSA) is 312 Å². The van der Waals surface area contributed by atoms with Gasteiger partial charge in [-0.15, -0.1) is 34.0 Å². The van der Waals surface area contributed by atoms with Crippen LogP contribution in [0.4, 0.5) is 30.2 Å². The van der Waals surface area contributed by atoms with Crippen LogP contribution < -0.4 is 30.1 Å². The maximum absolute atomic E-state index is 13.5. The van der Waals surface area contributed by atoms with Crippen LogP contribution in [-0.2, 0) is 59.2 Å². The molecule has 3 amide bonds. The quantitative estimate of drug-likeness (QED) is 0.0392. The summed E-state index contributed by atoms with van der Waals surface area (Å²) in [4.78, 5) is 58.9. The first-order valence-electron chi connectivity index (χ1n) is 31.7. The van der Waals surface area contributed by atoms with Crippen LogP contribution in [0.1, 0.15) is 94.0 Å². The fourth-order valence-electron chi connectivity index (χ4n) is 11.8. The Morgan fingerprint density at radius 3 is 0.922 bits per heavy atom. The number of nitrogens with zero attached hydrogens (tertiary/aromatic N) is 9. The fraction of sp³-hybridized carbons (Fsp3) is 0.524. The Hall–Kier alpha value is -5.01.